The quantitative estimate of drug-likeness (QED) is 0.839. The molecule has 0 aromatic carbocycles. The minimum Gasteiger partial charge on any atom is -0.377 e. The van der Waals surface area contributed by atoms with Gasteiger partial charge >= 0.3 is 0 Å². The lowest BCUT2D eigenvalue weighted by atomic mass is 9.82. The number of nitrogens with zero attached hydrogens (tertiary/aromatic N) is 1. The number of likely N-dealkylation sites (N-methyl/N-ethyl adjacent to an activating group) is 1. The second kappa shape index (κ2) is 5.91. The lowest BCUT2D eigenvalue weighted by molar-refractivity contribution is -0.0790. The van der Waals surface area contributed by atoms with Crippen molar-refractivity contribution < 1.29 is 9.47 Å². The minimum absolute atomic E-state index is 0.0797. The van der Waals surface area contributed by atoms with E-state index >= 15 is 0 Å². The number of rotatable bonds is 5. The third-order valence-corrected chi connectivity index (χ3v) is 5.04. The molecule has 0 amide bonds. The lowest BCUT2D eigenvalue weighted by Crippen LogP contribution is -2.49. The zero-order chi connectivity index (χ0) is 15.0. The Morgan fingerprint density at radius 2 is 1.85 bits per heavy atom. The first-order chi connectivity index (χ1) is 9.26. The number of nitrogens with two attached hydrogens (primary N) is 1. The van der Waals surface area contributed by atoms with E-state index in [1.807, 2.05) is 0 Å². The minimum atomic E-state index is -0.239. The Kier molecular flexibility index (Phi) is 4.80. The molecule has 2 fully saturated rings. The normalized spacial score (nSPS) is 35.9. The van der Waals surface area contributed by atoms with E-state index in [2.05, 4.69) is 39.5 Å². The molecule has 20 heavy (non-hydrogen) atoms. The molecule has 0 spiro atoms. The second-order valence-corrected chi connectivity index (χ2v) is 7.43. The van der Waals surface area contributed by atoms with E-state index in [9.17, 15) is 0 Å². The molecule has 118 valence electrons. The van der Waals surface area contributed by atoms with Crippen molar-refractivity contribution in [2.45, 2.75) is 70.8 Å². The molecule has 0 aromatic rings. The van der Waals surface area contributed by atoms with Gasteiger partial charge in [0, 0.05) is 31.7 Å². The molecule has 0 aliphatic carbocycles. The van der Waals surface area contributed by atoms with Crippen LogP contribution in [-0.2, 0) is 9.47 Å². The molecule has 2 N–H and O–H groups in total. The van der Waals surface area contributed by atoms with Crippen LogP contribution in [-0.4, -0.2) is 54.5 Å². The first-order valence-electron chi connectivity index (χ1n) is 8.06. The zero-order valence-electron chi connectivity index (χ0n) is 13.8. The first kappa shape index (κ1) is 16.2. The molecule has 3 unspecified atom stereocenters. The van der Waals surface area contributed by atoms with E-state index in [1.54, 1.807) is 0 Å². The molecular weight excluding hydrogens is 252 g/mol. The molecule has 3 atom stereocenters. The topological polar surface area (TPSA) is 47.7 Å². The summed E-state index contributed by atoms with van der Waals surface area (Å²) < 4.78 is 12.0. The molecule has 2 heterocycles. The van der Waals surface area contributed by atoms with Crippen LogP contribution in [0.5, 0.6) is 0 Å². The average molecular weight is 284 g/mol. The third-order valence-electron chi connectivity index (χ3n) is 5.04. The molecule has 2 aliphatic rings. The summed E-state index contributed by atoms with van der Waals surface area (Å²) in [4.78, 5) is 2.48. The fourth-order valence-electron chi connectivity index (χ4n) is 3.76. The second-order valence-electron chi connectivity index (χ2n) is 7.43. The monoisotopic (exact) mass is 284 g/mol. The van der Waals surface area contributed by atoms with Crippen LogP contribution in [0.2, 0.25) is 0 Å². The highest BCUT2D eigenvalue weighted by Gasteiger charge is 2.52. The van der Waals surface area contributed by atoms with E-state index in [0.717, 1.165) is 26.2 Å². The van der Waals surface area contributed by atoms with E-state index in [-0.39, 0.29) is 17.2 Å². The Labute approximate surface area is 124 Å². The van der Waals surface area contributed by atoms with Gasteiger partial charge in [-0.2, -0.15) is 0 Å². The van der Waals surface area contributed by atoms with Gasteiger partial charge in [0.25, 0.3) is 0 Å². The summed E-state index contributed by atoms with van der Waals surface area (Å²) in [6.45, 7) is 14.8. The van der Waals surface area contributed by atoms with Gasteiger partial charge in [-0.3, -0.25) is 0 Å². The van der Waals surface area contributed by atoms with Gasteiger partial charge in [0.2, 0.25) is 0 Å². The largest absolute Gasteiger partial charge is 0.377 e. The molecule has 0 bridgehead atoms. The maximum absolute atomic E-state index is 6.46. The maximum Gasteiger partial charge on any atom is 0.0788 e. The van der Waals surface area contributed by atoms with Gasteiger partial charge in [-0.15, -0.1) is 0 Å². The first-order valence-corrected chi connectivity index (χ1v) is 8.06. The maximum atomic E-state index is 6.46. The smallest absolute Gasteiger partial charge is 0.0788 e. The SMILES string of the molecule is CCN(CC1CCCO1)CC1C(N)C(C)(C)OC1(C)C. The molecule has 2 aliphatic heterocycles. The Balaban J connectivity index is 1.98. The summed E-state index contributed by atoms with van der Waals surface area (Å²) in [6, 6.07) is 0.0797. The highest BCUT2D eigenvalue weighted by Crippen LogP contribution is 2.41. The molecule has 0 aromatic heterocycles. The summed E-state index contributed by atoms with van der Waals surface area (Å²) >= 11 is 0. The molecule has 4 heteroatoms. The van der Waals surface area contributed by atoms with Crippen LogP contribution in [0.3, 0.4) is 0 Å². The van der Waals surface area contributed by atoms with Crippen molar-refractivity contribution in [1.82, 2.24) is 4.90 Å². The summed E-state index contributed by atoms with van der Waals surface area (Å²) in [6.07, 6.45) is 2.80. The fraction of sp³-hybridized carbons (Fsp3) is 1.00. The Morgan fingerprint density at radius 3 is 2.30 bits per heavy atom. The van der Waals surface area contributed by atoms with Crippen molar-refractivity contribution in [2.75, 3.05) is 26.2 Å². The standard InChI is InChI=1S/C16H32N2O2/c1-6-18(10-12-8-7-9-19-12)11-13-14(17)16(4,5)20-15(13,2)3/h12-14H,6-11,17H2,1-5H3. The van der Waals surface area contributed by atoms with Crippen LogP contribution >= 0.6 is 0 Å². The highest BCUT2D eigenvalue weighted by molar-refractivity contribution is 5.04. The van der Waals surface area contributed by atoms with Crippen LogP contribution < -0.4 is 5.73 Å². The number of ether oxygens (including phenoxy) is 2. The van der Waals surface area contributed by atoms with Gasteiger partial charge in [0.15, 0.2) is 0 Å². The summed E-state index contributed by atoms with van der Waals surface area (Å²) in [5.74, 6) is 0.360. The zero-order valence-corrected chi connectivity index (χ0v) is 13.8. The van der Waals surface area contributed by atoms with Crippen LogP contribution in [0.1, 0.15) is 47.5 Å². The van der Waals surface area contributed by atoms with Gasteiger partial charge in [0.05, 0.1) is 17.3 Å². The predicted molar refractivity (Wildman–Crippen MR) is 81.8 cm³/mol. The van der Waals surface area contributed by atoms with Gasteiger partial charge in [-0.1, -0.05) is 6.92 Å². The van der Waals surface area contributed by atoms with E-state index in [1.165, 1.54) is 12.8 Å². The van der Waals surface area contributed by atoms with Crippen LogP contribution in [0.4, 0.5) is 0 Å². The van der Waals surface area contributed by atoms with Crippen molar-refractivity contribution in [3.05, 3.63) is 0 Å². The summed E-state index contributed by atoms with van der Waals surface area (Å²) in [5, 5.41) is 0. The molecule has 4 nitrogen and oxygen atoms in total. The van der Waals surface area contributed by atoms with Gasteiger partial charge in [-0.05, 0) is 47.1 Å². The van der Waals surface area contributed by atoms with Gasteiger partial charge in [-0.25, -0.2) is 0 Å². The number of hydrogen-bond donors (Lipinski definition) is 1. The van der Waals surface area contributed by atoms with Crippen molar-refractivity contribution in [3.63, 3.8) is 0 Å². The van der Waals surface area contributed by atoms with Gasteiger partial charge < -0.3 is 20.1 Å². The van der Waals surface area contributed by atoms with Crippen LogP contribution in [0.25, 0.3) is 0 Å². The predicted octanol–water partition coefficient (Wildman–Crippen LogP) is 2.02. The van der Waals surface area contributed by atoms with Crippen molar-refractivity contribution in [1.29, 1.82) is 0 Å². The summed E-state index contributed by atoms with van der Waals surface area (Å²) in [7, 11) is 0. The third kappa shape index (κ3) is 3.35. The molecule has 0 radical (unpaired) electrons. The summed E-state index contributed by atoms with van der Waals surface area (Å²) in [5.41, 5.74) is 6.06. The van der Waals surface area contributed by atoms with Gasteiger partial charge in [0.1, 0.15) is 0 Å². The highest BCUT2D eigenvalue weighted by atomic mass is 16.5. The molecular formula is C16H32N2O2. The van der Waals surface area contributed by atoms with Crippen molar-refractivity contribution >= 4 is 0 Å². The Bertz CT molecular complexity index is 324. The Hall–Kier alpha value is -0.160. The molecule has 0 saturated carbocycles. The molecule has 2 saturated heterocycles. The fourth-order valence-corrected chi connectivity index (χ4v) is 3.76. The number of hydrogen-bond acceptors (Lipinski definition) is 4. The van der Waals surface area contributed by atoms with Crippen molar-refractivity contribution in [3.8, 4) is 0 Å². The van der Waals surface area contributed by atoms with E-state index in [4.69, 9.17) is 15.2 Å². The Morgan fingerprint density at radius 1 is 1.15 bits per heavy atom. The van der Waals surface area contributed by atoms with Crippen molar-refractivity contribution in [2.24, 2.45) is 11.7 Å². The average Bonchev–Trinajstić information content (AvgIpc) is 2.88. The van der Waals surface area contributed by atoms with Crippen LogP contribution in [0.15, 0.2) is 0 Å². The molecule has 2 rings (SSSR count). The van der Waals surface area contributed by atoms with E-state index in [0.29, 0.717) is 12.0 Å². The van der Waals surface area contributed by atoms with Crippen LogP contribution in [0, 0.1) is 5.92 Å². The van der Waals surface area contributed by atoms with E-state index < -0.39 is 0 Å². The lowest BCUT2D eigenvalue weighted by Gasteiger charge is -2.33.